The second-order valence-corrected chi connectivity index (χ2v) is 5.21. The number of allylic oxidation sites excluding steroid dienone is 1. The first-order valence-corrected chi connectivity index (χ1v) is 7.07. The highest BCUT2D eigenvalue weighted by Crippen LogP contribution is 2.45. The zero-order valence-electron chi connectivity index (χ0n) is 11.3. The molecule has 0 aromatic carbocycles. The maximum atomic E-state index is 8.99. The summed E-state index contributed by atoms with van der Waals surface area (Å²) in [6.45, 7) is 4.00. The second kappa shape index (κ2) is 8.37. The van der Waals surface area contributed by atoms with Crippen LogP contribution >= 0.6 is 0 Å². The lowest BCUT2D eigenvalue weighted by molar-refractivity contribution is 0.244. The van der Waals surface area contributed by atoms with Crippen molar-refractivity contribution in [3.8, 4) is 11.8 Å². The summed E-state index contributed by atoms with van der Waals surface area (Å²) in [4.78, 5) is 0. The van der Waals surface area contributed by atoms with E-state index < -0.39 is 0 Å². The standard InChI is InChI=1S/C16H26O/c1-3-4-7-11-15-13-16(15)12-9-6-5-8-10-14(2)17/h8,10,14-17H,3-4,7,9,11-13H2,1-2H3/b10-8+. The second-order valence-electron chi connectivity index (χ2n) is 5.21. The lowest BCUT2D eigenvalue weighted by Crippen LogP contribution is -1.90. The van der Waals surface area contributed by atoms with Crippen LogP contribution in [0.2, 0.25) is 0 Å². The van der Waals surface area contributed by atoms with Crippen LogP contribution in [0.25, 0.3) is 0 Å². The molecule has 0 radical (unpaired) electrons. The molecule has 0 spiro atoms. The Balaban J connectivity index is 1.98. The van der Waals surface area contributed by atoms with Gasteiger partial charge < -0.3 is 5.11 Å². The summed E-state index contributed by atoms with van der Waals surface area (Å²) in [6.07, 6.45) is 12.4. The molecule has 0 saturated heterocycles. The number of hydrogen-bond donors (Lipinski definition) is 1. The van der Waals surface area contributed by atoms with E-state index in [2.05, 4.69) is 18.8 Å². The first-order valence-electron chi connectivity index (χ1n) is 7.07. The molecule has 0 aromatic rings. The normalized spacial score (nSPS) is 24.4. The molecule has 0 bridgehead atoms. The zero-order chi connectivity index (χ0) is 12.5. The molecule has 1 nitrogen and oxygen atoms in total. The lowest BCUT2D eigenvalue weighted by Gasteiger charge is -1.97. The molecule has 1 saturated carbocycles. The molecule has 0 aliphatic heterocycles. The van der Waals surface area contributed by atoms with Gasteiger partial charge >= 0.3 is 0 Å². The van der Waals surface area contributed by atoms with Gasteiger partial charge in [0, 0.05) is 6.42 Å². The minimum Gasteiger partial charge on any atom is -0.389 e. The Kier molecular flexibility index (Phi) is 7.05. The largest absolute Gasteiger partial charge is 0.389 e. The van der Waals surface area contributed by atoms with Gasteiger partial charge in [0.15, 0.2) is 0 Å². The highest BCUT2D eigenvalue weighted by molar-refractivity contribution is 5.16. The van der Waals surface area contributed by atoms with Crippen molar-refractivity contribution in [2.24, 2.45) is 11.8 Å². The van der Waals surface area contributed by atoms with Crippen molar-refractivity contribution < 1.29 is 5.11 Å². The summed E-state index contributed by atoms with van der Waals surface area (Å²) >= 11 is 0. The molecule has 1 heteroatoms. The predicted octanol–water partition coefficient (Wildman–Crippen LogP) is 3.92. The Hall–Kier alpha value is -0.740. The third kappa shape index (κ3) is 7.23. The van der Waals surface area contributed by atoms with Crippen LogP contribution in [0.1, 0.15) is 58.8 Å². The molecule has 1 N–H and O–H groups in total. The summed E-state index contributed by atoms with van der Waals surface area (Å²) in [5, 5.41) is 8.99. The topological polar surface area (TPSA) is 20.2 Å². The van der Waals surface area contributed by atoms with Crippen molar-refractivity contribution in [3.05, 3.63) is 12.2 Å². The highest BCUT2D eigenvalue weighted by Gasteiger charge is 2.34. The molecular formula is C16H26O. The van der Waals surface area contributed by atoms with Gasteiger partial charge in [-0.1, -0.05) is 44.4 Å². The van der Waals surface area contributed by atoms with Crippen LogP contribution in [-0.2, 0) is 0 Å². The average Bonchev–Trinajstić information content (AvgIpc) is 3.02. The molecule has 0 aromatic heterocycles. The van der Waals surface area contributed by atoms with E-state index >= 15 is 0 Å². The number of aliphatic hydroxyl groups excluding tert-OH is 1. The van der Waals surface area contributed by atoms with Gasteiger partial charge in [0.1, 0.15) is 0 Å². The van der Waals surface area contributed by atoms with Crippen molar-refractivity contribution in [2.75, 3.05) is 0 Å². The maximum Gasteiger partial charge on any atom is 0.0701 e. The van der Waals surface area contributed by atoms with Gasteiger partial charge in [0.2, 0.25) is 0 Å². The summed E-state index contributed by atoms with van der Waals surface area (Å²) < 4.78 is 0. The molecule has 96 valence electrons. The van der Waals surface area contributed by atoms with Crippen LogP contribution in [0.5, 0.6) is 0 Å². The molecule has 3 unspecified atom stereocenters. The van der Waals surface area contributed by atoms with Crippen molar-refractivity contribution in [2.45, 2.75) is 64.9 Å². The van der Waals surface area contributed by atoms with E-state index in [0.717, 1.165) is 18.3 Å². The molecule has 1 fully saturated rings. The maximum absolute atomic E-state index is 8.99. The van der Waals surface area contributed by atoms with Crippen LogP contribution < -0.4 is 0 Å². The number of unbranched alkanes of at least 4 members (excludes halogenated alkanes) is 2. The molecular weight excluding hydrogens is 208 g/mol. The summed E-state index contributed by atoms with van der Waals surface area (Å²) in [7, 11) is 0. The first-order chi connectivity index (χ1) is 8.24. The molecule has 0 heterocycles. The fourth-order valence-corrected chi connectivity index (χ4v) is 2.25. The summed E-state index contributed by atoms with van der Waals surface area (Å²) in [6, 6.07) is 0. The Morgan fingerprint density at radius 2 is 2.06 bits per heavy atom. The van der Waals surface area contributed by atoms with Crippen LogP contribution in [0.3, 0.4) is 0 Å². The van der Waals surface area contributed by atoms with E-state index in [4.69, 9.17) is 5.11 Å². The Bertz CT molecular complexity index is 280. The van der Waals surface area contributed by atoms with Crippen molar-refractivity contribution in [1.82, 2.24) is 0 Å². The van der Waals surface area contributed by atoms with E-state index in [9.17, 15) is 0 Å². The van der Waals surface area contributed by atoms with Gasteiger partial charge in [-0.25, -0.2) is 0 Å². The van der Waals surface area contributed by atoms with Gasteiger partial charge in [-0.05, 0) is 43.8 Å². The fraction of sp³-hybridized carbons (Fsp3) is 0.750. The SMILES string of the molecule is CCCCCC1CC1CCC#C/C=C/C(C)O. The molecule has 0 amide bonds. The third-order valence-electron chi connectivity index (χ3n) is 3.45. The minimum absolute atomic E-state index is 0.379. The minimum atomic E-state index is -0.379. The van der Waals surface area contributed by atoms with E-state index in [1.165, 1.54) is 38.5 Å². The smallest absolute Gasteiger partial charge is 0.0701 e. The summed E-state index contributed by atoms with van der Waals surface area (Å²) in [5.74, 6) is 8.10. The molecule has 17 heavy (non-hydrogen) atoms. The Labute approximate surface area is 106 Å². The van der Waals surface area contributed by atoms with Crippen LogP contribution in [0.4, 0.5) is 0 Å². The van der Waals surface area contributed by atoms with Gasteiger partial charge in [0.25, 0.3) is 0 Å². The van der Waals surface area contributed by atoms with Crippen LogP contribution in [-0.4, -0.2) is 11.2 Å². The van der Waals surface area contributed by atoms with Crippen molar-refractivity contribution >= 4 is 0 Å². The number of aliphatic hydroxyl groups is 1. The number of rotatable bonds is 7. The summed E-state index contributed by atoms with van der Waals surface area (Å²) in [5.41, 5.74) is 0. The quantitative estimate of drug-likeness (QED) is 0.523. The van der Waals surface area contributed by atoms with E-state index in [0.29, 0.717) is 0 Å². The Morgan fingerprint density at radius 1 is 1.29 bits per heavy atom. The molecule has 1 rings (SSSR count). The fourth-order valence-electron chi connectivity index (χ4n) is 2.25. The van der Waals surface area contributed by atoms with E-state index in [1.54, 1.807) is 19.1 Å². The molecule has 1 aliphatic carbocycles. The average molecular weight is 234 g/mol. The van der Waals surface area contributed by atoms with Crippen molar-refractivity contribution in [3.63, 3.8) is 0 Å². The van der Waals surface area contributed by atoms with E-state index in [1.807, 2.05) is 0 Å². The Morgan fingerprint density at radius 3 is 2.76 bits per heavy atom. The zero-order valence-corrected chi connectivity index (χ0v) is 11.3. The van der Waals surface area contributed by atoms with Crippen molar-refractivity contribution in [1.29, 1.82) is 0 Å². The van der Waals surface area contributed by atoms with Gasteiger partial charge in [0.05, 0.1) is 6.10 Å². The van der Waals surface area contributed by atoms with Gasteiger partial charge in [-0.3, -0.25) is 0 Å². The number of hydrogen-bond acceptors (Lipinski definition) is 1. The van der Waals surface area contributed by atoms with E-state index in [-0.39, 0.29) is 6.10 Å². The van der Waals surface area contributed by atoms with Gasteiger partial charge in [-0.15, -0.1) is 0 Å². The van der Waals surface area contributed by atoms with Gasteiger partial charge in [-0.2, -0.15) is 0 Å². The monoisotopic (exact) mass is 234 g/mol. The van der Waals surface area contributed by atoms with Crippen LogP contribution in [0.15, 0.2) is 12.2 Å². The lowest BCUT2D eigenvalue weighted by atomic mass is 10.1. The molecule has 1 aliphatic rings. The van der Waals surface area contributed by atoms with Crippen LogP contribution in [0, 0.1) is 23.7 Å². The molecule has 3 atom stereocenters. The first kappa shape index (κ1) is 14.3. The predicted molar refractivity (Wildman–Crippen MR) is 73.6 cm³/mol. The third-order valence-corrected chi connectivity index (χ3v) is 3.45. The highest BCUT2D eigenvalue weighted by atomic mass is 16.3.